The largest absolute Gasteiger partial charge is 0.443 e. The van der Waals surface area contributed by atoms with E-state index in [9.17, 15) is 13.2 Å². The molecule has 0 bridgehead atoms. The van der Waals surface area contributed by atoms with Gasteiger partial charge in [0.05, 0.1) is 4.75 Å². The predicted octanol–water partition coefficient (Wildman–Crippen LogP) is 2.01. The summed E-state index contributed by atoms with van der Waals surface area (Å²) in [5, 5.41) is 0. The Hall–Kier alpha value is -1.63. The molecule has 1 aliphatic carbocycles. The number of amides is 1. The fourth-order valence-corrected chi connectivity index (χ4v) is 3.48. The Labute approximate surface area is 125 Å². The number of nitrogens with zero attached hydrogens (tertiary/aromatic N) is 1. The maximum absolute atomic E-state index is 12.4. The van der Waals surface area contributed by atoms with Gasteiger partial charge in [0.1, 0.15) is 5.60 Å². The molecule has 1 saturated carbocycles. The number of hydrogen-bond donors (Lipinski definition) is 1. The van der Waals surface area contributed by atoms with Crippen LogP contribution in [0.3, 0.4) is 0 Å². The van der Waals surface area contributed by atoms with Crippen LogP contribution in [0.2, 0.25) is 0 Å². The molecule has 0 saturated heterocycles. The lowest BCUT2D eigenvalue weighted by atomic mass is 10.2. The summed E-state index contributed by atoms with van der Waals surface area (Å²) in [5.41, 5.74) is -0.0401. The van der Waals surface area contributed by atoms with E-state index in [0.717, 1.165) is 0 Å². The molecule has 0 unspecified atom stereocenters. The minimum atomic E-state index is -3.78. The zero-order valence-corrected chi connectivity index (χ0v) is 13.2. The highest BCUT2D eigenvalue weighted by Crippen LogP contribution is 2.45. The summed E-state index contributed by atoms with van der Waals surface area (Å²) >= 11 is 0. The van der Waals surface area contributed by atoms with Crippen molar-refractivity contribution in [2.75, 3.05) is 0 Å². The van der Waals surface area contributed by atoms with E-state index >= 15 is 0 Å². The van der Waals surface area contributed by atoms with Crippen LogP contribution in [0.4, 0.5) is 4.79 Å². The van der Waals surface area contributed by atoms with Gasteiger partial charge in [-0.05, 0) is 45.7 Å². The molecule has 7 heteroatoms. The lowest BCUT2D eigenvalue weighted by Crippen LogP contribution is -2.43. The monoisotopic (exact) mass is 312 g/mol. The quantitative estimate of drug-likeness (QED) is 0.919. The molecule has 1 heterocycles. The predicted molar refractivity (Wildman–Crippen MR) is 78.2 cm³/mol. The smallest absolute Gasteiger partial charge is 0.421 e. The number of carbonyl (C=O) groups excluding carboxylic acids is 1. The summed E-state index contributed by atoms with van der Waals surface area (Å²) in [6.45, 7) is 5.04. The van der Waals surface area contributed by atoms with E-state index in [-0.39, 0.29) is 0 Å². The van der Waals surface area contributed by atoms with Gasteiger partial charge in [-0.3, -0.25) is 4.98 Å². The molecule has 1 fully saturated rings. The normalized spacial score (nSPS) is 17.1. The van der Waals surface area contributed by atoms with Crippen LogP contribution in [-0.2, 0) is 21.2 Å². The highest BCUT2D eigenvalue weighted by atomic mass is 32.2. The maximum Gasteiger partial charge on any atom is 0.421 e. The van der Waals surface area contributed by atoms with Crippen molar-refractivity contribution in [1.29, 1.82) is 0 Å². The lowest BCUT2D eigenvalue weighted by molar-refractivity contribution is 0.0569. The third-order valence-corrected chi connectivity index (χ3v) is 5.35. The van der Waals surface area contributed by atoms with Crippen LogP contribution in [0.15, 0.2) is 24.4 Å². The molecular weight excluding hydrogens is 292 g/mol. The molecule has 1 aromatic rings. The van der Waals surface area contributed by atoms with E-state index in [4.69, 9.17) is 4.74 Å². The summed E-state index contributed by atoms with van der Waals surface area (Å²) < 4.78 is 30.8. The molecule has 2 rings (SSSR count). The molecule has 0 spiro atoms. The fourth-order valence-electron chi connectivity index (χ4n) is 2.03. The van der Waals surface area contributed by atoms with Crippen LogP contribution in [0, 0.1) is 0 Å². The zero-order chi connectivity index (χ0) is 15.7. The van der Waals surface area contributed by atoms with E-state index in [2.05, 4.69) is 4.98 Å². The minimum Gasteiger partial charge on any atom is -0.443 e. The molecule has 6 nitrogen and oxygen atoms in total. The number of nitrogens with one attached hydrogen (secondary N) is 1. The molecule has 0 aromatic carbocycles. The van der Waals surface area contributed by atoms with Gasteiger partial charge in [-0.25, -0.2) is 17.9 Å². The van der Waals surface area contributed by atoms with E-state index in [0.29, 0.717) is 25.0 Å². The van der Waals surface area contributed by atoms with Crippen LogP contribution in [-0.4, -0.2) is 29.8 Å². The Bertz CT molecular complexity index is 616. The number of carbonyl (C=O) groups is 1. The van der Waals surface area contributed by atoms with Gasteiger partial charge in [-0.2, -0.15) is 0 Å². The Morgan fingerprint density at radius 1 is 1.38 bits per heavy atom. The van der Waals surface area contributed by atoms with Gasteiger partial charge in [0, 0.05) is 18.3 Å². The van der Waals surface area contributed by atoms with Crippen molar-refractivity contribution in [2.24, 2.45) is 0 Å². The molecule has 1 aliphatic rings. The van der Waals surface area contributed by atoms with Gasteiger partial charge in [-0.1, -0.05) is 6.07 Å². The van der Waals surface area contributed by atoms with Gasteiger partial charge in [0.25, 0.3) is 0 Å². The Kier molecular flexibility index (Phi) is 3.97. The van der Waals surface area contributed by atoms with Gasteiger partial charge in [0.2, 0.25) is 10.0 Å². The number of rotatable bonds is 4. The molecule has 0 radical (unpaired) electrons. The summed E-state index contributed by atoms with van der Waals surface area (Å²) in [6, 6.07) is 5.37. The highest BCUT2D eigenvalue weighted by molar-refractivity contribution is 7.91. The summed E-state index contributed by atoms with van der Waals surface area (Å²) in [7, 11) is -3.78. The first-order valence-electron chi connectivity index (χ1n) is 6.79. The highest BCUT2D eigenvalue weighted by Gasteiger charge is 2.55. The number of ether oxygens (including phenoxy) is 1. The number of pyridine rings is 1. The standard InChI is InChI=1S/C14H20N2O4S/c1-13(2,3)20-12(17)16-21(18,19)14(7-8-14)10-11-6-4-5-9-15-11/h4-6,9H,7-8,10H2,1-3H3,(H,16,17). The Balaban J connectivity index is 2.07. The van der Waals surface area contributed by atoms with Crippen molar-refractivity contribution >= 4 is 16.1 Å². The van der Waals surface area contributed by atoms with Crippen LogP contribution < -0.4 is 4.72 Å². The zero-order valence-electron chi connectivity index (χ0n) is 12.4. The van der Waals surface area contributed by atoms with Crippen molar-refractivity contribution in [3.63, 3.8) is 0 Å². The van der Waals surface area contributed by atoms with E-state index in [1.54, 1.807) is 39.1 Å². The summed E-state index contributed by atoms with van der Waals surface area (Å²) in [6.07, 6.45) is 2.02. The molecule has 116 valence electrons. The molecule has 1 N–H and O–H groups in total. The summed E-state index contributed by atoms with van der Waals surface area (Å²) in [5.74, 6) is 0. The first-order chi connectivity index (χ1) is 9.64. The average molecular weight is 312 g/mol. The van der Waals surface area contributed by atoms with Crippen LogP contribution >= 0.6 is 0 Å². The van der Waals surface area contributed by atoms with E-state index in [1.165, 1.54) is 0 Å². The molecule has 0 atom stereocenters. The van der Waals surface area contributed by atoms with Crippen molar-refractivity contribution in [3.05, 3.63) is 30.1 Å². The van der Waals surface area contributed by atoms with Gasteiger partial charge >= 0.3 is 6.09 Å². The second-order valence-corrected chi connectivity index (χ2v) is 8.37. The third kappa shape index (κ3) is 3.93. The third-order valence-electron chi connectivity index (χ3n) is 3.22. The van der Waals surface area contributed by atoms with Crippen molar-refractivity contribution in [2.45, 2.75) is 50.4 Å². The molecule has 1 aromatic heterocycles. The Morgan fingerprint density at radius 2 is 2.05 bits per heavy atom. The van der Waals surface area contributed by atoms with Crippen molar-refractivity contribution in [1.82, 2.24) is 9.71 Å². The average Bonchev–Trinajstić information content (AvgIpc) is 3.08. The SMILES string of the molecule is CC(C)(C)OC(=O)NS(=O)(=O)C1(Cc2ccccn2)CC1. The minimum absolute atomic E-state index is 0.298. The van der Waals surface area contributed by atoms with Gasteiger partial charge < -0.3 is 4.74 Å². The maximum atomic E-state index is 12.4. The second-order valence-electron chi connectivity index (χ2n) is 6.29. The number of sulfonamides is 1. The van der Waals surface area contributed by atoms with Gasteiger partial charge in [0.15, 0.2) is 0 Å². The molecule has 21 heavy (non-hydrogen) atoms. The number of hydrogen-bond acceptors (Lipinski definition) is 5. The van der Waals surface area contributed by atoms with E-state index in [1.807, 2.05) is 10.8 Å². The first-order valence-corrected chi connectivity index (χ1v) is 8.27. The molecule has 1 amide bonds. The van der Waals surface area contributed by atoms with Gasteiger partial charge in [-0.15, -0.1) is 0 Å². The van der Waals surface area contributed by atoms with Crippen LogP contribution in [0.1, 0.15) is 39.3 Å². The fraction of sp³-hybridized carbons (Fsp3) is 0.571. The van der Waals surface area contributed by atoms with Crippen molar-refractivity contribution in [3.8, 4) is 0 Å². The summed E-state index contributed by atoms with van der Waals surface area (Å²) in [4.78, 5) is 15.8. The van der Waals surface area contributed by atoms with E-state index < -0.39 is 26.5 Å². The number of aromatic nitrogens is 1. The molecular formula is C14H20N2O4S. The topological polar surface area (TPSA) is 85.4 Å². The Morgan fingerprint density at radius 3 is 2.52 bits per heavy atom. The molecule has 0 aliphatic heterocycles. The lowest BCUT2D eigenvalue weighted by Gasteiger charge is -2.21. The first kappa shape index (κ1) is 15.8. The second kappa shape index (κ2) is 5.29. The van der Waals surface area contributed by atoms with Crippen molar-refractivity contribution < 1.29 is 17.9 Å². The van der Waals surface area contributed by atoms with Crippen LogP contribution in [0.25, 0.3) is 0 Å². The van der Waals surface area contributed by atoms with Crippen LogP contribution in [0.5, 0.6) is 0 Å².